The fourth-order valence-electron chi connectivity index (χ4n) is 2.68. The lowest BCUT2D eigenvalue weighted by Crippen LogP contribution is -2.74. The third-order valence-corrected chi connectivity index (χ3v) is 5.09. The van der Waals surface area contributed by atoms with E-state index in [9.17, 15) is 79.4 Å². The van der Waals surface area contributed by atoms with Crippen LogP contribution in [0.4, 0.5) is 85.2 Å². The Labute approximate surface area is 211 Å². The smallest absolute Gasteiger partial charge is 0.443 e. The van der Waals surface area contributed by atoms with Gasteiger partial charge < -0.3 is 4.74 Å². The van der Waals surface area contributed by atoms with Gasteiger partial charge in [0, 0.05) is 12.6 Å². The normalized spacial score (nSPS) is 15.2. The minimum absolute atomic E-state index is 0.212. The van der Waals surface area contributed by atoms with E-state index in [2.05, 4.69) is 9.72 Å². The van der Waals surface area contributed by atoms with E-state index >= 15 is 0 Å². The van der Waals surface area contributed by atoms with Crippen molar-refractivity contribution in [2.45, 2.75) is 79.9 Å². The first-order chi connectivity index (χ1) is 17.4. The first-order valence-electron chi connectivity index (χ1n) is 10.1. The highest BCUT2D eigenvalue weighted by Gasteiger charge is 2.95. The zero-order valence-electron chi connectivity index (χ0n) is 19.4. The van der Waals surface area contributed by atoms with E-state index in [1.165, 1.54) is 12.1 Å². The van der Waals surface area contributed by atoms with E-state index in [0.29, 0.717) is 13.8 Å². The molecule has 1 aromatic heterocycles. The van der Waals surface area contributed by atoms with E-state index in [1.54, 1.807) is 0 Å². The molecule has 0 aromatic carbocycles. The second-order valence-electron chi connectivity index (χ2n) is 8.64. The molecule has 1 amide bonds. The quantitative estimate of drug-likeness (QED) is 0.252. The van der Waals surface area contributed by atoms with E-state index in [4.69, 9.17) is 0 Å². The highest BCUT2D eigenvalue weighted by molar-refractivity contribution is 5.83. The van der Waals surface area contributed by atoms with Crippen molar-refractivity contribution in [2.24, 2.45) is 0 Å². The molecule has 0 fully saturated rings. The van der Waals surface area contributed by atoms with Crippen molar-refractivity contribution in [3.8, 4) is 0 Å². The molecule has 0 atom stereocenters. The van der Waals surface area contributed by atoms with E-state index in [-0.39, 0.29) is 5.82 Å². The van der Waals surface area contributed by atoms with Crippen LogP contribution in [0.2, 0.25) is 0 Å². The zero-order valence-corrected chi connectivity index (χ0v) is 19.4. The predicted octanol–water partition coefficient (Wildman–Crippen LogP) is 8.20. The van der Waals surface area contributed by atoms with Crippen molar-refractivity contribution in [2.75, 3.05) is 5.32 Å². The molecule has 0 bridgehead atoms. The number of ether oxygens (including phenoxy) is 1. The molecule has 40 heavy (non-hydrogen) atoms. The van der Waals surface area contributed by atoms with Gasteiger partial charge in [-0.2, -0.15) is 74.6 Å². The highest BCUT2D eigenvalue weighted by Crippen LogP contribution is 2.64. The third-order valence-electron chi connectivity index (χ3n) is 5.09. The van der Waals surface area contributed by atoms with Gasteiger partial charge in [0.1, 0.15) is 11.4 Å². The van der Waals surface area contributed by atoms with Crippen LogP contribution < -0.4 is 5.32 Å². The van der Waals surface area contributed by atoms with Gasteiger partial charge in [0.05, 0.1) is 0 Å². The summed E-state index contributed by atoms with van der Waals surface area (Å²) in [5, 5.41) is 1.90. The molecule has 0 saturated carbocycles. The van der Waals surface area contributed by atoms with Crippen LogP contribution in [0.5, 0.6) is 0 Å². The molecule has 4 nitrogen and oxygen atoms in total. The number of carbonyl (C=O) groups excluding carboxylic acids is 1. The maximum Gasteiger partial charge on any atom is 0.460 e. The maximum atomic E-state index is 14.1. The monoisotopic (exact) mass is 626 g/mol. The van der Waals surface area contributed by atoms with Crippen molar-refractivity contribution >= 4 is 11.9 Å². The molecule has 21 heteroatoms. The summed E-state index contributed by atoms with van der Waals surface area (Å²) < 4.78 is 231. The molecule has 0 radical (unpaired) electrons. The van der Waals surface area contributed by atoms with Gasteiger partial charge in [-0.3, -0.25) is 5.32 Å². The van der Waals surface area contributed by atoms with Crippen LogP contribution in [0.1, 0.15) is 26.7 Å². The summed E-state index contributed by atoms with van der Waals surface area (Å²) in [7, 11) is 0. The largest absolute Gasteiger partial charge is 0.460 e. The number of pyridine rings is 1. The Morgan fingerprint density at radius 2 is 1.10 bits per heavy atom. The number of anilines is 1. The summed E-state index contributed by atoms with van der Waals surface area (Å²) >= 11 is 0. The molecule has 1 rings (SSSR count). The lowest BCUT2D eigenvalue weighted by atomic mass is 9.87. The van der Waals surface area contributed by atoms with Crippen molar-refractivity contribution in [1.29, 1.82) is 0 Å². The number of aromatic nitrogens is 1. The van der Waals surface area contributed by atoms with E-state index in [1.807, 2.05) is 5.32 Å². The second-order valence-corrected chi connectivity index (χ2v) is 8.64. The zero-order chi connectivity index (χ0) is 32.0. The molecular weight excluding hydrogens is 611 g/mol. The van der Waals surface area contributed by atoms with Crippen molar-refractivity contribution in [1.82, 2.24) is 4.98 Å². The Kier molecular flexibility index (Phi) is 9.04. The summed E-state index contributed by atoms with van der Waals surface area (Å²) in [5.41, 5.74) is -2.35. The third kappa shape index (κ3) is 5.82. The molecule has 1 heterocycles. The molecule has 1 aromatic rings. The van der Waals surface area contributed by atoms with Gasteiger partial charge in [0.15, 0.2) is 0 Å². The first kappa shape index (κ1) is 35.3. The lowest BCUT2D eigenvalue weighted by Gasteiger charge is -2.43. The lowest BCUT2D eigenvalue weighted by molar-refractivity contribution is -0.462. The summed E-state index contributed by atoms with van der Waals surface area (Å²) in [5.74, 6) is -57.0. The fraction of sp³-hybridized carbons (Fsp3) is 0.684. The van der Waals surface area contributed by atoms with Crippen molar-refractivity contribution in [3.63, 3.8) is 0 Å². The number of rotatable bonds is 11. The Bertz CT molecular complexity index is 1040. The maximum absolute atomic E-state index is 14.1. The number of hydrogen-bond donors (Lipinski definition) is 1. The number of alkyl halides is 17. The van der Waals surface area contributed by atoms with Gasteiger partial charge in [0.2, 0.25) is 0 Å². The number of amides is 1. The second kappa shape index (κ2) is 10.3. The average Bonchev–Trinajstić information content (AvgIpc) is 2.76. The number of nitrogens with one attached hydrogen (secondary N) is 1. The van der Waals surface area contributed by atoms with E-state index in [0.717, 1.165) is 12.3 Å². The summed E-state index contributed by atoms with van der Waals surface area (Å²) in [6, 6.07) is 3.87. The minimum Gasteiger partial charge on any atom is -0.443 e. The van der Waals surface area contributed by atoms with Crippen LogP contribution in [0.3, 0.4) is 0 Å². The molecule has 0 saturated heterocycles. The van der Waals surface area contributed by atoms with Crippen LogP contribution in [0, 0.1) is 0 Å². The summed E-state index contributed by atoms with van der Waals surface area (Å²) in [4.78, 5) is 15.3. The molecule has 0 aliphatic heterocycles. The van der Waals surface area contributed by atoms with Gasteiger partial charge in [-0.25, -0.2) is 9.78 Å². The molecule has 0 aliphatic carbocycles. The average molecular weight is 626 g/mol. The van der Waals surface area contributed by atoms with Gasteiger partial charge >= 0.3 is 53.7 Å². The Morgan fingerprint density at radius 1 is 0.675 bits per heavy atom. The highest BCUT2D eigenvalue weighted by atomic mass is 19.4. The van der Waals surface area contributed by atoms with Gasteiger partial charge in [-0.1, -0.05) is 6.07 Å². The van der Waals surface area contributed by atoms with Crippen molar-refractivity contribution in [3.05, 3.63) is 24.4 Å². The number of carbonyl (C=O) groups is 1. The van der Waals surface area contributed by atoms with Crippen LogP contribution >= 0.6 is 0 Å². The molecular formula is C19H15F17N2O2. The summed E-state index contributed by atoms with van der Waals surface area (Å²) in [6.07, 6.45) is -12.6. The van der Waals surface area contributed by atoms with Crippen LogP contribution in [0.25, 0.3) is 0 Å². The van der Waals surface area contributed by atoms with Gasteiger partial charge in [-0.15, -0.1) is 0 Å². The predicted molar refractivity (Wildman–Crippen MR) is 98.3 cm³/mol. The van der Waals surface area contributed by atoms with Crippen molar-refractivity contribution < 1.29 is 84.2 Å². The molecule has 0 unspecified atom stereocenters. The standard InChI is InChI=1S/C19H15F17N2O2/c1-11(2,40-10(39)38-9-5-3-4-8-37-9)6-7-12(20,21)13(22,23)14(24,25)15(26,27)16(28,29)17(30,31)18(32,33)19(34,35)36/h3-5,8H,6-7H2,1-2H3,(H,37,38,39). The fourth-order valence-corrected chi connectivity index (χ4v) is 2.68. The number of nitrogens with zero attached hydrogens (tertiary/aromatic N) is 1. The van der Waals surface area contributed by atoms with Crippen LogP contribution in [-0.2, 0) is 4.74 Å². The van der Waals surface area contributed by atoms with E-state index < -0.39 is 72.2 Å². The van der Waals surface area contributed by atoms with Gasteiger partial charge in [0.25, 0.3) is 0 Å². The Hall–Kier alpha value is -2.77. The minimum atomic E-state index is -8.69. The molecule has 0 spiro atoms. The SMILES string of the molecule is CC(C)(CCC(F)(F)C(F)(F)C(F)(F)C(F)(F)C(F)(F)C(F)(F)C(F)(F)C(F)(F)F)OC(=O)Nc1ccccn1. The molecule has 0 aliphatic rings. The van der Waals surface area contributed by atoms with Gasteiger partial charge in [-0.05, 0) is 32.4 Å². The Morgan fingerprint density at radius 3 is 1.50 bits per heavy atom. The topological polar surface area (TPSA) is 51.2 Å². The number of hydrogen-bond acceptors (Lipinski definition) is 3. The summed E-state index contributed by atoms with van der Waals surface area (Å²) in [6.45, 7) is 1.36. The number of halogens is 17. The molecule has 1 N–H and O–H groups in total. The first-order valence-corrected chi connectivity index (χ1v) is 10.1. The van der Waals surface area contributed by atoms with Crippen LogP contribution in [0.15, 0.2) is 24.4 Å². The Balaban J connectivity index is 3.27. The van der Waals surface area contributed by atoms with Crippen LogP contribution in [-0.4, -0.2) is 64.3 Å². The molecule has 232 valence electrons.